The Morgan fingerprint density at radius 3 is 3.00 bits per heavy atom. The molecule has 90 valence electrons. The minimum Gasteiger partial charge on any atom is -0.312 e. The lowest BCUT2D eigenvalue weighted by Gasteiger charge is -2.16. The van der Waals surface area contributed by atoms with Crippen molar-refractivity contribution in [3.05, 3.63) is 44.4 Å². The highest BCUT2D eigenvalue weighted by Crippen LogP contribution is 2.24. The minimum atomic E-state index is 0. The van der Waals surface area contributed by atoms with Gasteiger partial charge < -0.3 is 5.32 Å². The quantitative estimate of drug-likeness (QED) is 0.795. The Morgan fingerprint density at radius 1 is 1.35 bits per heavy atom. The fourth-order valence-electron chi connectivity index (χ4n) is 2.19. The average molecular weight is 268 g/mol. The van der Waals surface area contributed by atoms with Gasteiger partial charge in [0.1, 0.15) is 0 Å². The van der Waals surface area contributed by atoms with Crippen molar-refractivity contribution < 1.29 is 0 Å². The van der Waals surface area contributed by atoms with E-state index < -0.39 is 0 Å². The van der Waals surface area contributed by atoms with Crippen LogP contribution in [0.2, 0.25) is 0 Å². The summed E-state index contributed by atoms with van der Waals surface area (Å²) in [5.41, 5.74) is 2.36. The van der Waals surface area contributed by atoms with E-state index in [1.165, 1.54) is 4.88 Å². The molecular formula is C13H14ClNOS. The number of rotatable bonds is 0. The molecule has 4 heteroatoms. The van der Waals surface area contributed by atoms with Crippen LogP contribution in [-0.4, -0.2) is 6.54 Å². The molecule has 0 spiro atoms. The van der Waals surface area contributed by atoms with Crippen LogP contribution in [0.3, 0.4) is 0 Å². The number of halogens is 1. The number of fused-ring (bicyclic) bond motifs is 2. The SMILES string of the molecule is Cc1ccc2sc3c(c(=O)c2c1)CNCC3.Cl. The summed E-state index contributed by atoms with van der Waals surface area (Å²) in [6.07, 6.45) is 0.985. The molecule has 1 aliphatic heterocycles. The van der Waals surface area contributed by atoms with Crippen molar-refractivity contribution in [2.24, 2.45) is 0 Å². The van der Waals surface area contributed by atoms with E-state index >= 15 is 0 Å². The van der Waals surface area contributed by atoms with E-state index in [9.17, 15) is 4.79 Å². The molecule has 0 atom stereocenters. The van der Waals surface area contributed by atoms with Crippen molar-refractivity contribution in [2.75, 3.05) is 6.54 Å². The van der Waals surface area contributed by atoms with Crippen molar-refractivity contribution in [1.29, 1.82) is 0 Å². The first-order valence-electron chi connectivity index (χ1n) is 5.51. The highest BCUT2D eigenvalue weighted by atomic mass is 35.5. The lowest BCUT2D eigenvalue weighted by molar-refractivity contribution is 0.649. The third-order valence-corrected chi connectivity index (χ3v) is 4.33. The molecule has 0 saturated heterocycles. The molecule has 1 N–H and O–H groups in total. The van der Waals surface area contributed by atoms with Crippen LogP contribution < -0.4 is 10.7 Å². The van der Waals surface area contributed by atoms with Crippen LogP contribution in [0.25, 0.3) is 10.1 Å². The first-order chi connectivity index (χ1) is 7.75. The van der Waals surface area contributed by atoms with Gasteiger partial charge in [-0.15, -0.1) is 23.7 Å². The lowest BCUT2D eigenvalue weighted by Crippen LogP contribution is -2.28. The molecule has 1 aromatic heterocycles. The van der Waals surface area contributed by atoms with E-state index in [1.54, 1.807) is 11.3 Å². The van der Waals surface area contributed by atoms with E-state index in [0.717, 1.165) is 40.7 Å². The van der Waals surface area contributed by atoms with Crippen LogP contribution in [0, 0.1) is 6.92 Å². The maximum Gasteiger partial charge on any atom is 0.192 e. The summed E-state index contributed by atoms with van der Waals surface area (Å²) in [5, 5.41) is 4.15. The zero-order valence-electron chi connectivity index (χ0n) is 9.58. The van der Waals surface area contributed by atoms with Crippen molar-refractivity contribution >= 4 is 33.8 Å². The molecule has 0 radical (unpaired) electrons. The van der Waals surface area contributed by atoms with Gasteiger partial charge >= 0.3 is 0 Å². The molecule has 0 unspecified atom stereocenters. The van der Waals surface area contributed by atoms with Crippen LogP contribution in [0.5, 0.6) is 0 Å². The van der Waals surface area contributed by atoms with Gasteiger partial charge in [-0.2, -0.15) is 0 Å². The van der Waals surface area contributed by atoms with E-state index in [4.69, 9.17) is 0 Å². The molecule has 2 nitrogen and oxygen atoms in total. The van der Waals surface area contributed by atoms with E-state index in [2.05, 4.69) is 17.4 Å². The fraction of sp³-hybridized carbons (Fsp3) is 0.308. The molecule has 0 amide bonds. The summed E-state index contributed by atoms with van der Waals surface area (Å²) < 4.78 is 1.12. The molecule has 2 aromatic rings. The van der Waals surface area contributed by atoms with Gasteiger partial charge in [-0.3, -0.25) is 4.79 Å². The van der Waals surface area contributed by atoms with Gasteiger partial charge in [0.15, 0.2) is 5.43 Å². The van der Waals surface area contributed by atoms with Gasteiger partial charge in [0, 0.05) is 33.6 Å². The summed E-state index contributed by atoms with van der Waals surface area (Å²) in [5.74, 6) is 0. The molecule has 0 aliphatic carbocycles. The smallest absolute Gasteiger partial charge is 0.192 e. The fourth-order valence-corrected chi connectivity index (χ4v) is 3.35. The first kappa shape index (κ1) is 12.6. The van der Waals surface area contributed by atoms with Gasteiger partial charge in [0.05, 0.1) is 0 Å². The predicted octanol–water partition coefficient (Wildman–Crippen LogP) is 2.64. The van der Waals surface area contributed by atoms with Crippen LogP contribution in [0.1, 0.15) is 16.0 Å². The first-order valence-corrected chi connectivity index (χ1v) is 6.33. The summed E-state index contributed by atoms with van der Waals surface area (Å²) >= 11 is 1.77. The number of hydrogen-bond acceptors (Lipinski definition) is 3. The lowest BCUT2D eigenvalue weighted by atomic mass is 10.1. The van der Waals surface area contributed by atoms with Crippen LogP contribution in [0.4, 0.5) is 0 Å². The second kappa shape index (κ2) is 4.77. The standard InChI is InChI=1S/C13H13NOS.ClH/c1-8-2-3-11-9(6-8)13(15)10-7-14-5-4-12(10)16-11;/h2-3,6,14H,4-5,7H2,1H3;1H. The third kappa shape index (κ3) is 2.10. The Morgan fingerprint density at radius 2 is 2.18 bits per heavy atom. The Balaban J connectivity index is 0.00000108. The van der Waals surface area contributed by atoms with Gasteiger partial charge in [-0.1, -0.05) is 11.6 Å². The van der Waals surface area contributed by atoms with Crippen molar-refractivity contribution in [3.63, 3.8) is 0 Å². The monoisotopic (exact) mass is 267 g/mol. The minimum absolute atomic E-state index is 0. The molecule has 1 aromatic carbocycles. The number of hydrogen-bond donors (Lipinski definition) is 1. The second-order valence-electron chi connectivity index (χ2n) is 4.26. The third-order valence-electron chi connectivity index (χ3n) is 3.05. The van der Waals surface area contributed by atoms with Crippen LogP contribution in [0.15, 0.2) is 23.0 Å². The van der Waals surface area contributed by atoms with Crippen molar-refractivity contribution in [2.45, 2.75) is 19.9 Å². The normalized spacial score (nSPS) is 14.2. The largest absolute Gasteiger partial charge is 0.312 e. The van der Waals surface area contributed by atoms with Crippen molar-refractivity contribution in [3.8, 4) is 0 Å². The summed E-state index contributed by atoms with van der Waals surface area (Å²) in [6, 6.07) is 6.15. The van der Waals surface area contributed by atoms with Crippen LogP contribution >= 0.6 is 23.7 Å². The van der Waals surface area contributed by atoms with Gasteiger partial charge in [0.25, 0.3) is 0 Å². The van der Waals surface area contributed by atoms with Crippen LogP contribution in [-0.2, 0) is 13.0 Å². The maximum atomic E-state index is 12.3. The van der Waals surface area contributed by atoms with E-state index in [1.807, 2.05) is 13.0 Å². The molecule has 0 bridgehead atoms. The Bertz CT molecular complexity index is 621. The summed E-state index contributed by atoms with van der Waals surface area (Å²) in [6.45, 7) is 3.75. The summed E-state index contributed by atoms with van der Waals surface area (Å²) in [7, 11) is 0. The zero-order valence-corrected chi connectivity index (χ0v) is 11.2. The zero-order chi connectivity index (χ0) is 11.1. The number of benzene rings is 1. The van der Waals surface area contributed by atoms with E-state index in [0.29, 0.717) is 0 Å². The molecule has 2 heterocycles. The Hall–Kier alpha value is -0.900. The van der Waals surface area contributed by atoms with Gasteiger partial charge in [-0.05, 0) is 25.5 Å². The number of nitrogens with one attached hydrogen (secondary N) is 1. The molecule has 3 rings (SSSR count). The molecule has 1 aliphatic rings. The maximum absolute atomic E-state index is 12.3. The molecule has 0 fully saturated rings. The topological polar surface area (TPSA) is 29.1 Å². The highest BCUT2D eigenvalue weighted by Gasteiger charge is 2.15. The molecular weight excluding hydrogens is 254 g/mol. The second-order valence-corrected chi connectivity index (χ2v) is 5.40. The average Bonchev–Trinajstić information content (AvgIpc) is 2.31. The van der Waals surface area contributed by atoms with Crippen molar-refractivity contribution in [1.82, 2.24) is 5.32 Å². The Kier molecular flexibility index (Phi) is 3.52. The molecule has 17 heavy (non-hydrogen) atoms. The van der Waals surface area contributed by atoms with E-state index in [-0.39, 0.29) is 17.8 Å². The highest BCUT2D eigenvalue weighted by molar-refractivity contribution is 7.18. The van der Waals surface area contributed by atoms with Gasteiger partial charge in [0.2, 0.25) is 0 Å². The number of aryl methyl sites for hydroxylation is 1. The van der Waals surface area contributed by atoms with Gasteiger partial charge in [-0.25, -0.2) is 0 Å². The summed E-state index contributed by atoms with van der Waals surface area (Å²) in [4.78, 5) is 13.6. The predicted molar refractivity (Wildman–Crippen MR) is 75.5 cm³/mol. The molecule has 0 saturated carbocycles. The Labute approximate surface area is 110 Å².